The SMILES string of the molecule is C/C=C1\NC(=O)c2ncc(SC)c(n2)CNC(=O)C[C@@H](/C=C/CCSC(C)=O)OC(=O)[C@H](C(C)C)NC1=O. The van der Waals surface area contributed by atoms with E-state index in [-0.39, 0.29) is 35.5 Å². The standard InChI is InChI=1S/C25H33N5O6S2/c1-6-17-23(33)30-21(14(2)3)25(35)36-16(9-7-8-10-38-15(4)31)11-20(32)26-12-18-19(37-5)13-27-22(28-18)24(34)29-17/h6-7,9,13-14,16,21H,8,10-12H2,1-5H3,(H,26,32)(H,29,34)(H,30,33)/b9-7+,17-6-/t16-,21+/m1/s1. The zero-order valence-electron chi connectivity index (χ0n) is 22.0. The molecule has 1 aliphatic heterocycles. The highest BCUT2D eigenvalue weighted by Gasteiger charge is 2.30. The zero-order chi connectivity index (χ0) is 28.2. The number of nitrogens with one attached hydrogen (secondary N) is 3. The molecule has 2 bridgehead atoms. The summed E-state index contributed by atoms with van der Waals surface area (Å²) in [7, 11) is 0. The maximum Gasteiger partial charge on any atom is 0.329 e. The van der Waals surface area contributed by atoms with Gasteiger partial charge in [0.05, 0.1) is 18.7 Å². The molecule has 2 heterocycles. The molecule has 0 fully saturated rings. The Bertz CT molecular complexity index is 1120. The predicted octanol–water partition coefficient (Wildman–Crippen LogP) is 2.13. The Labute approximate surface area is 230 Å². The molecule has 0 spiro atoms. The molecule has 2 atom stereocenters. The molecule has 206 valence electrons. The third kappa shape index (κ3) is 9.60. The summed E-state index contributed by atoms with van der Waals surface area (Å²) in [6, 6.07) is -1.04. The molecule has 3 N–H and O–H groups in total. The smallest absolute Gasteiger partial charge is 0.329 e. The Balaban J connectivity index is 2.40. The summed E-state index contributed by atoms with van der Waals surface area (Å²) in [4.78, 5) is 71.8. The molecule has 38 heavy (non-hydrogen) atoms. The fourth-order valence-corrected chi connectivity index (χ4v) is 4.35. The molecule has 0 aromatic carbocycles. The summed E-state index contributed by atoms with van der Waals surface area (Å²) in [5, 5.41) is 7.85. The molecule has 11 nitrogen and oxygen atoms in total. The molecular weight excluding hydrogens is 530 g/mol. The van der Waals surface area contributed by atoms with Crippen molar-refractivity contribution < 1.29 is 28.7 Å². The van der Waals surface area contributed by atoms with Crippen LogP contribution in [-0.2, 0) is 30.5 Å². The average molecular weight is 564 g/mol. The summed E-state index contributed by atoms with van der Waals surface area (Å²) >= 11 is 2.53. The molecule has 1 aliphatic rings. The topological polar surface area (TPSA) is 156 Å². The number of carbonyl (C=O) groups excluding carboxylic acids is 5. The van der Waals surface area contributed by atoms with Gasteiger partial charge in [-0.25, -0.2) is 14.8 Å². The summed E-state index contributed by atoms with van der Waals surface area (Å²) in [6.45, 7) is 6.54. The molecule has 13 heteroatoms. The molecule has 3 amide bonds. The van der Waals surface area contributed by atoms with Gasteiger partial charge in [0.2, 0.25) is 11.7 Å². The fraction of sp³-hybridized carbons (Fsp3) is 0.480. The van der Waals surface area contributed by atoms with Crippen LogP contribution in [0.25, 0.3) is 0 Å². The Morgan fingerprint density at radius 3 is 2.61 bits per heavy atom. The second-order valence-corrected chi connectivity index (χ2v) is 10.7. The number of carbonyl (C=O) groups is 5. The maximum atomic E-state index is 13.1. The van der Waals surface area contributed by atoms with E-state index in [2.05, 4.69) is 25.9 Å². The molecular formula is C25H33N5O6S2. The first-order valence-electron chi connectivity index (χ1n) is 12.0. The first-order valence-corrected chi connectivity index (χ1v) is 14.2. The van der Waals surface area contributed by atoms with Gasteiger partial charge in [-0.1, -0.05) is 37.8 Å². The second-order valence-electron chi connectivity index (χ2n) is 8.57. The van der Waals surface area contributed by atoms with E-state index in [1.54, 1.807) is 32.9 Å². The maximum absolute atomic E-state index is 13.1. The van der Waals surface area contributed by atoms with Crippen LogP contribution in [0.5, 0.6) is 0 Å². The van der Waals surface area contributed by atoms with Gasteiger partial charge in [-0.15, -0.1) is 11.8 Å². The summed E-state index contributed by atoms with van der Waals surface area (Å²) in [5.41, 5.74) is 0.349. The highest BCUT2D eigenvalue weighted by atomic mass is 32.2. The molecule has 2 rings (SSSR count). The molecule has 0 saturated carbocycles. The van der Waals surface area contributed by atoms with Crippen LogP contribution in [0.1, 0.15) is 56.8 Å². The van der Waals surface area contributed by atoms with Gasteiger partial charge in [0.1, 0.15) is 17.8 Å². The lowest BCUT2D eigenvalue weighted by atomic mass is 10.0. The Hall–Kier alpha value is -3.19. The fourth-order valence-electron chi connectivity index (χ4n) is 3.30. The Morgan fingerprint density at radius 1 is 1.24 bits per heavy atom. The van der Waals surface area contributed by atoms with E-state index in [1.165, 1.54) is 42.7 Å². The van der Waals surface area contributed by atoms with Gasteiger partial charge in [-0.05, 0) is 31.6 Å². The van der Waals surface area contributed by atoms with Crippen molar-refractivity contribution in [3.05, 3.63) is 41.6 Å². The highest BCUT2D eigenvalue weighted by Crippen LogP contribution is 2.18. The minimum absolute atomic E-state index is 0.00129. The van der Waals surface area contributed by atoms with Crippen molar-refractivity contribution in [1.82, 2.24) is 25.9 Å². The third-order valence-corrected chi connectivity index (χ3v) is 6.92. The molecule has 0 unspecified atom stereocenters. The van der Waals surface area contributed by atoms with Crippen molar-refractivity contribution in [2.75, 3.05) is 12.0 Å². The van der Waals surface area contributed by atoms with E-state index < -0.39 is 35.8 Å². The number of nitrogens with zero attached hydrogens (tertiary/aromatic N) is 2. The van der Waals surface area contributed by atoms with Gasteiger partial charge in [0.25, 0.3) is 11.8 Å². The van der Waals surface area contributed by atoms with Gasteiger partial charge in [0, 0.05) is 23.8 Å². The van der Waals surface area contributed by atoms with Crippen LogP contribution in [0.15, 0.2) is 35.0 Å². The number of ether oxygens (including phenoxy) is 1. The van der Waals surface area contributed by atoms with E-state index in [1.807, 2.05) is 6.26 Å². The molecule has 0 saturated heterocycles. The first-order chi connectivity index (χ1) is 18.0. The van der Waals surface area contributed by atoms with Gasteiger partial charge >= 0.3 is 5.97 Å². The summed E-state index contributed by atoms with van der Waals surface area (Å²) in [6.07, 6.45) is 7.51. The summed E-state index contributed by atoms with van der Waals surface area (Å²) in [5.74, 6) is -2.50. The van der Waals surface area contributed by atoms with Crippen molar-refractivity contribution in [2.45, 2.75) is 64.1 Å². The number of hydrogen-bond donors (Lipinski definition) is 3. The molecule has 1 aromatic heterocycles. The molecule has 1 aromatic rings. The Morgan fingerprint density at radius 2 is 1.97 bits per heavy atom. The zero-order valence-corrected chi connectivity index (χ0v) is 23.7. The van der Waals surface area contributed by atoms with Crippen LogP contribution in [0.3, 0.4) is 0 Å². The van der Waals surface area contributed by atoms with E-state index in [0.29, 0.717) is 22.8 Å². The number of esters is 1. The first kappa shape index (κ1) is 31.0. The van der Waals surface area contributed by atoms with Crippen molar-refractivity contribution >= 4 is 52.3 Å². The van der Waals surface area contributed by atoms with E-state index in [0.717, 1.165) is 0 Å². The highest BCUT2D eigenvalue weighted by molar-refractivity contribution is 8.13. The van der Waals surface area contributed by atoms with Crippen molar-refractivity contribution in [1.29, 1.82) is 0 Å². The minimum atomic E-state index is -1.04. The van der Waals surface area contributed by atoms with Gasteiger partial charge in [-0.3, -0.25) is 19.2 Å². The largest absolute Gasteiger partial charge is 0.456 e. The quantitative estimate of drug-likeness (QED) is 0.154. The third-order valence-electron chi connectivity index (χ3n) is 5.29. The molecule has 0 aliphatic carbocycles. The van der Waals surface area contributed by atoms with Crippen LogP contribution in [0.2, 0.25) is 0 Å². The lowest BCUT2D eigenvalue weighted by molar-refractivity contribution is -0.153. The van der Waals surface area contributed by atoms with E-state index in [9.17, 15) is 24.0 Å². The van der Waals surface area contributed by atoms with Crippen LogP contribution in [-0.4, -0.2) is 62.9 Å². The number of aromatic nitrogens is 2. The van der Waals surface area contributed by atoms with Crippen LogP contribution >= 0.6 is 23.5 Å². The van der Waals surface area contributed by atoms with Gasteiger partial charge in [0.15, 0.2) is 5.12 Å². The number of hydrogen-bond acceptors (Lipinski definition) is 10. The number of allylic oxidation sites excluding steroid dienone is 2. The van der Waals surface area contributed by atoms with Crippen molar-refractivity contribution in [3.63, 3.8) is 0 Å². The molecule has 0 radical (unpaired) electrons. The lowest BCUT2D eigenvalue weighted by Crippen LogP contribution is -2.48. The number of amides is 3. The monoisotopic (exact) mass is 563 g/mol. The lowest BCUT2D eigenvalue weighted by Gasteiger charge is -2.24. The second kappa shape index (κ2) is 15.3. The van der Waals surface area contributed by atoms with E-state index >= 15 is 0 Å². The Kier molecular flexibility index (Phi) is 12.5. The number of fused-ring (bicyclic) bond motifs is 2. The number of rotatable bonds is 6. The minimum Gasteiger partial charge on any atom is -0.456 e. The summed E-state index contributed by atoms with van der Waals surface area (Å²) < 4.78 is 5.64. The van der Waals surface area contributed by atoms with E-state index in [4.69, 9.17) is 4.74 Å². The van der Waals surface area contributed by atoms with Gasteiger partial charge < -0.3 is 20.7 Å². The van der Waals surface area contributed by atoms with Crippen molar-refractivity contribution in [2.24, 2.45) is 5.92 Å². The number of thioether (sulfide) groups is 2. The average Bonchev–Trinajstić information content (AvgIpc) is 2.87. The van der Waals surface area contributed by atoms with Crippen LogP contribution in [0.4, 0.5) is 0 Å². The van der Waals surface area contributed by atoms with Crippen LogP contribution < -0.4 is 16.0 Å². The van der Waals surface area contributed by atoms with Gasteiger partial charge in [-0.2, -0.15) is 0 Å². The van der Waals surface area contributed by atoms with Crippen molar-refractivity contribution in [3.8, 4) is 0 Å². The normalized spacial score (nSPS) is 20.7. The number of cyclic esters (lactones) is 1. The predicted molar refractivity (Wildman–Crippen MR) is 145 cm³/mol. The van der Waals surface area contributed by atoms with Crippen LogP contribution in [0, 0.1) is 5.92 Å².